The number of hydrogen-bond donors (Lipinski definition) is 3. The fourth-order valence-corrected chi connectivity index (χ4v) is 3.12. The van der Waals surface area contributed by atoms with E-state index in [9.17, 15) is 14.7 Å². The van der Waals surface area contributed by atoms with E-state index in [2.05, 4.69) is 26.2 Å². The second-order valence-electron chi connectivity index (χ2n) is 6.13. The molecule has 1 aromatic heterocycles. The highest BCUT2D eigenvalue weighted by atomic mass is 79.9. The van der Waals surface area contributed by atoms with Crippen molar-refractivity contribution in [1.29, 1.82) is 0 Å². The highest BCUT2D eigenvalue weighted by molar-refractivity contribution is 9.10. The molecule has 3 aromatic rings. The Morgan fingerprint density at radius 1 is 1.16 bits per heavy atom. The first-order valence-electron chi connectivity index (χ1n) is 7.75. The number of nitrogens with one attached hydrogen (secondary N) is 2. The fourth-order valence-electron chi connectivity index (χ4n) is 2.85. The zero-order valence-electron chi connectivity index (χ0n) is 13.5. The lowest BCUT2D eigenvalue weighted by molar-refractivity contribution is -0.138. The van der Waals surface area contributed by atoms with Crippen molar-refractivity contribution in [1.82, 2.24) is 10.3 Å². The summed E-state index contributed by atoms with van der Waals surface area (Å²) in [6.45, 7) is 1.71. The minimum absolute atomic E-state index is 0.222. The largest absolute Gasteiger partial charge is 0.481 e. The van der Waals surface area contributed by atoms with E-state index in [1.807, 2.05) is 36.4 Å². The zero-order valence-corrected chi connectivity index (χ0v) is 15.1. The summed E-state index contributed by atoms with van der Waals surface area (Å²) >= 11 is 3.36. The van der Waals surface area contributed by atoms with Crippen LogP contribution in [0.5, 0.6) is 0 Å². The number of H-pyrrole nitrogens is 1. The van der Waals surface area contributed by atoms with Crippen LogP contribution in [0.25, 0.3) is 10.9 Å². The molecule has 0 bridgehead atoms. The van der Waals surface area contributed by atoms with Gasteiger partial charge in [-0.25, -0.2) is 0 Å². The minimum atomic E-state index is -1.03. The second-order valence-corrected chi connectivity index (χ2v) is 7.05. The van der Waals surface area contributed by atoms with Crippen molar-refractivity contribution < 1.29 is 14.7 Å². The predicted octanol–water partition coefficient (Wildman–Crippen LogP) is 4.05. The number of para-hydroxylation sites is 1. The smallest absolute Gasteiger partial charge is 0.306 e. The first-order valence-corrected chi connectivity index (χ1v) is 8.55. The number of carbonyl (C=O) groups excluding carboxylic acids is 1. The predicted molar refractivity (Wildman–Crippen MR) is 99.5 cm³/mol. The molecule has 0 fully saturated rings. The maximum absolute atomic E-state index is 12.7. The topological polar surface area (TPSA) is 82.2 Å². The summed E-state index contributed by atoms with van der Waals surface area (Å²) in [5.74, 6) is -1.33. The summed E-state index contributed by atoms with van der Waals surface area (Å²) in [5, 5.41) is 13.1. The van der Waals surface area contributed by atoms with E-state index in [4.69, 9.17) is 0 Å². The Kier molecular flexibility index (Phi) is 4.63. The van der Waals surface area contributed by atoms with Gasteiger partial charge in [0.15, 0.2) is 0 Å². The summed E-state index contributed by atoms with van der Waals surface area (Å²) in [6.07, 6.45) is -0.222. The van der Waals surface area contributed by atoms with Gasteiger partial charge in [-0.2, -0.15) is 0 Å². The molecule has 128 valence electrons. The molecule has 0 aliphatic heterocycles. The number of fused-ring (bicyclic) bond motifs is 1. The number of amides is 1. The quantitative estimate of drug-likeness (QED) is 0.603. The van der Waals surface area contributed by atoms with E-state index < -0.39 is 11.5 Å². The van der Waals surface area contributed by atoms with Crippen molar-refractivity contribution in [2.24, 2.45) is 0 Å². The monoisotopic (exact) mass is 400 g/mol. The number of aromatic amines is 1. The molecule has 0 aliphatic rings. The van der Waals surface area contributed by atoms with Gasteiger partial charge in [0, 0.05) is 15.4 Å². The highest BCUT2D eigenvalue weighted by Crippen LogP contribution is 2.27. The summed E-state index contributed by atoms with van der Waals surface area (Å²) in [6, 6.07) is 16.6. The molecule has 0 aliphatic carbocycles. The van der Waals surface area contributed by atoms with Crippen LogP contribution >= 0.6 is 15.9 Å². The normalized spacial score (nSPS) is 13.4. The number of rotatable bonds is 5. The van der Waals surface area contributed by atoms with E-state index in [0.717, 1.165) is 20.9 Å². The van der Waals surface area contributed by atoms with Crippen molar-refractivity contribution >= 4 is 38.7 Å². The van der Waals surface area contributed by atoms with Crippen LogP contribution in [0, 0.1) is 0 Å². The van der Waals surface area contributed by atoms with Gasteiger partial charge in [0.2, 0.25) is 0 Å². The third-order valence-electron chi connectivity index (χ3n) is 4.15. The molecular weight excluding hydrogens is 384 g/mol. The van der Waals surface area contributed by atoms with Crippen LogP contribution in [0.15, 0.2) is 59.1 Å². The molecular formula is C19H17BrN2O3. The molecule has 1 heterocycles. The summed E-state index contributed by atoms with van der Waals surface area (Å²) in [7, 11) is 0. The number of aliphatic carboxylic acids is 1. The number of benzene rings is 2. The highest BCUT2D eigenvalue weighted by Gasteiger charge is 2.32. The van der Waals surface area contributed by atoms with Gasteiger partial charge >= 0.3 is 5.97 Å². The second kappa shape index (κ2) is 6.72. The molecule has 5 nitrogen and oxygen atoms in total. The molecule has 0 saturated carbocycles. The molecule has 1 atom stereocenters. The van der Waals surface area contributed by atoms with Crippen molar-refractivity contribution in [3.8, 4) is 0 Å². The van der Waals surface area contributed by atoms with E-state index in [1.165, 1.54) is 0 Å². The first-order chi connectivity index (χ1) is 11.9. The molecule has 3 rings (SSSR count). The Labute approximate surface area is 153 Å². The van der Waals surface area contributed by atoms with Crippen LogP contribution < -0.4 is 5.32 Å². The zero-order chi connectivity index (χ0) is 18.0. The summed E-state index contributed by atoms with van der Waals surface area (Å²) < 4.78 is 0.885. The lowest BCUT2D eigenvalue weighted by Gasteiger charge is -2.30. The van der Waals surface area contributed by atoms with Crippen LogP contribution in [-0.4, -0.2) is 22.0 Å². The Morgan fingerprint density at radius 3 is 2.48 bits per heavy atom. The van der Waals surface area contributed by atoms with Gasteiger partial charge in [-0.05, 0) is 36.8 Å². The Hall–Kier alpha value is -2.60. The van der Waals surface area contributed by atoms with Crippen molar-refractivity contribution in [2.75, 3.05) is 0 Å². The molecule has 1 amide bonds. The summed E-state index contributed by atoms with van der Waals surface area (Å²) in [4.78, 5) is 27.1. The van der Waals surface area contributed by atoms with E-state index in [-0.39, 0.29) is 12.3 Å². The van der Waals surface area contributed by atoms with Gasteiger partial charge in [0.1, 0.15) is 5.69 Å². The Balaban J connectivity index is 1.92. The van der Waals surface area contributed by atoms with Crippen molar-refractivity contribution in [2.45, 2.75) is 18.9 Å². The van der Waals surface area contributed by atoms with Crippen LogP contribution in [0.1, 0.15) is 29.4 Å². The number of aromatic nitrogens is 1. The number of hydrogen-bond acceptors (Lipinski definition) is 2. The average Bonchev–Trinajstić information content (AvgIpc) is 2.98. The van der Waals surface area contributed by atoms with Gasteiger partial charge in [-0.3, -0.25) is 9.59 Å². The number of halogens is 1. The molecule has 0 saturated heterocycles. The Bertz CT molecular complexity index is 900. The van der Waals surface area contributed by atoms with Gasteiger partial charge in [-0.15, -0.1) is 0 Å². The third-order valence-corrected chi connectivity index (χ3v) is 4.68. The lowest BCUT2D eigenvalue weighted by Crippen LogP contribution is -2.45. The molecule has 0 radical (unpaired) electrons. The van der Waals surface area contributed by atoms with E-state index in [0.29, 0.717) is 5.69 Å². The molecule has 6 heteroatoms. The number of carboxylic acid groups (broad SMARTS) is 1. The standard InChI is InChI=1S/C19H17BrN2O3/c1-19(11-17(23)24,13-6-8-14(20)9-7-13)22-18(25)16-10-12-4-2-3-5-15(12)21-16/h2-10,21H,11H2,1H3,(H,22,25)(H,23,24). The SMILES string of the molecule is CC(CC(=O)O)(NC(=O)c1cc2ccccc2[nH]1)c1ccc(Br)cc1. The van der Waals surface area contributed by atoms with Crippen LogP contribution in [0.2, 0.25) is 0 Å². The fraction of sp³-hybridized carbons (Fsp3) is 0.158. The molecule has 25 heavy (non-hydrogen) atoms. The van der Waals surface area contributed by atoms with Gasteiger partial charge in [0.05, 0.1) is 12.0 Å². The average molecular weight is 401 g/mol. The maximum atomic E-state index is 12.7. The van der Waals surface area contributed by atoms with Crippen molar-refractivity contribution in [3.05, 3.63) is 70.3 Å². The van der Waals surface area contributed by atoms with Gasteiger partial charge < -0.3 is 15.4 Å². The summed E-state index contributed by atoms with van der Waals surface area (Å²) in [5.41, 5.74) is 0.953. The maximum Gasteiger partial charge on any atom is 0.306 e. The van der Waals surface area contributed by atoms with Crippen LogP contribution in [0.3, 0.4) is 0 Å². The molecule has 3 N–H and O–H groups in total. The van der Waals surface area contributed by atoms with Crippen LogP contribution in [0.4, 0.5) is 0 Å². The van der Waals surface area contributed by atoms with Gasteiger partial charge in [0.25, 0.3) is 5.91 Å². The molecule has 1 unspecified atom stereocenters. The molecule has 2 aromatic carbocycles. The van der Waals surface area contributed by atoms with E-state index >= 15 is 0 Å². The number of carbonyl (C=O) groups is 2. The third kappa shape index (κ3) is 3.74. The minimum Gasteiger partial charge on any atom is -0.481 e. The van der Waals surface area contributed by atoms with Gasteiger partial charge in [-0.1, -0.05) is 46.3 Å². The lowest BCUT2D eigenvalue weighted by atomic mass is 9.88. The first kappa shape index (κ1) is 17.2. The Morgan fingerprint density at radius 2 is 1.84 bits per heavy atom. The van der Waals surface area contributed by atoms with Crippen molar-refractivity contribution in [3.63, 3.8) is 0 Å². The molecule has 0 spiro atoms. The number of carboxylic acids is 1. The van der Waals surface area contributed by atoms with E-state index in [1.54, 1.807) is 25.1 Å². The van der Waals surface area contributed by atoms with Crippen LogP contribution in [-0.2, 0) is 10.3 Å².